The van der Waals surface area contributed by atoms with E-state index in [-0.39, 0.29) is 17.8 Å². The van der Waals surface area contributed by atoms with Crippen LogP contribution >= 0.6 is 27.7 Å². The van der Waals surface area contributed by atoms with Gasteiger partial charge in [-0.2, -0.15) is 0 Å². The third-order valence-corrected chi connectivity index (χ3v) is 5.52. The Balaban J connectivity index is 2.13. The molecule has 3 rings (SSSR count). The van der Waals surface area contributed by atoms with Crippen molar-refractivity contribution in [3.63, 3.8) is 0 Å². The largest absolute Gasteiger partial charge is 0.458 e. The minimum absolute atomic E-state index is 0.0600. The number of hydrogen-bond donors (Lipinski definition) is 0. The molecule has 2 aliphatic rings. The molecule has 0 unspecified atom stereocenters. The fraction of sp³-hybridized carbons (Fsp3) is 0.278. The SMILES string of the molecule is C=CCOC(=O)C1=C(C)N=C2S[C@@H](C)C(=O)N2[C@@H]1c1cccc(Br)c1. The van der Waals surface area contributed by atoms with Crippen LogP contribution in [0.25, 0.3) is 0 Å². The zero-order valence-corrected chi connectivity index (χ0v) is 16.3. The Morgan fingerprint density at radius 1 is 1.52 bits per heavy atom. The topological polar surface area (TPSA) is 59.0 Å². The van der Waals surface area contributed by atoms with Crippen LogP contribution in [0.4, 0.5) is 0 Å². The van der Waals surface area contributed by atoms with Crippen molar-refractivity contribution in [2.45, 2.75) is 25.1 Å². The van der Waals surface area contributed by atoms with E-state index in [9.17, 15) is 9.59 Å². The Labute approximate surface area is 159 Å². The number of halogens is 1. The molecule has 0 bridgehead atoms. The number of rotatable bonds is 4. The molecule has 2 aliphatic heterocycles. The van der Waals surface area contributed by atoms with Crippen molar-refractivity contribution in [2.24, 2.45) is 4.99 Å². The molecule has 0 aliphatic carbocycles. The number of esters is 1. The van der Waals surface area contributed by atoms with Crippen LogP contribution in [0, 0.1) is 0 Å². The molecule has 0 spiro atoms. The second-order valence-corrected chi connectivity index (χ2v) is 7.93. The van der Waals surface area contributed by atoms with E-state index in [2.05, 4.69) is 27.5 Å². The van der Waals surface area contributed by atoms with E-state index in [0.717, 1.165) is 10.0 Å². The normalized spacial score (nSPS) is 22.6. The van der Waals surface area contributed by atoms with Crippen LogP contribution in [-0.2, 0) is 14.3 Å². The number of allylic oxidation sites excluding steroid dienone is 1. The zero-order valence-electron chi connectivity index (χ0n) is 13.9. The van der Waals surface area contributed by atoms with Crippen LogP contribution in [0.1, 0.15) is 25.5 Å². The number of benzene rings is 1. The van der Waals surface area contributed by atoms with Gasteiger partial charge in [-0.05, 0) is 31.5 Å². The molecule has 1 saturated heterocycles. The lowest BCUT2D eigenvalue weighted by atomic mass is 9.94. The van der Waals surface area contributed by atoms with E-state index in [4.69, 9.17) is 4.74 Å². The monoisotopic (exact) mass is 420 g/mol. The van der Waals surface area contributed by atoms with Crippen molar-refractivity contribution in [1.82, 2.24) is 4.90 Å². The quantitative estimate of drug-likeness (QED) is 0.548. The maximum atomic E-state index is 12.7. The summed E-state index contributed by atoms with van der Waals surface area (Å²) in [5.41, 5.74) is 1.78. The number of fused-ring (bicyclic) bond motifs is 1. The lowest BCUT2D eigenvalue weighted by Crippen LogP contribution is -2.40. The van der Waals surface area contributed by atoms with Crippen molar-refractivity contribution in [3.8, 4) is 0 Å². The smallest absolute Gasteiger partial charge is 0.338 e. The highest BCUT2D eigenvalue weighted by atomic mass is 79.9. The first kappa shape index (κ1) is 17.9. The van der Waals surface area contributed by atoms with Gasteiger partial charge in [-0.15, -0.1) is 0 Å². The highest BCUT2D eigenvalue weighted by Gasteiger charge is 2.46. The second kappa shape index (κ2) is 7.17. The molecule has 0 N–H and O–H groups in total. The molecule has 2 heterocycles. The first-order valence-electron chi connectivity index (χ1n) is 7.76. The molecule has 1 aromatic carbocycles. The Morgan fingerprint density at radius 3 is 2.96 bits per heavy atom. The van der Waals surface area contributed by atoms with E-state index >= 15 is 0 Å². The van der Waals surface area contributed by atoms with Crippen LogP contribution in [0.3, 0.4) is 0 Å². The standard InChI is InChI=1S/C18H17BrN2O3S/c1-4-8-24-17(23)14-10(2)20-18-21(16(22)11(3)25-18)15(14)12-6-5-7-13(19)9-12/h4-7,9,11,15H,1,8H2,2-3H3/t11-,15+/m0/s1. The van der Waals surface area contributed by atoms with Crippen LogP contribution in [0.15, 0.2) is 57.7 Å². The van der Waals surface area contributed by atoms with Gasteiger partial charge in [0, 0.05) is 4.47 Å². The molecule has 2 atom stereocenters. The first-order chi connectivity index (χ1) is 11.9. The lowest BCUT2D eigenvalue weighted by molar-refractivity contribution is -0.139. The van der Waals surface area contributed by atoms with E-state index in [1.807, 2.05) is 31.2 Å². The summed E-state index contributed by atoms with van der Waals surface area (Å²) in [4.78, 5) is 31.5. The minimum atomic E-state index is -0.549. The zero-order chi connectivity index (χ0) is 18.1. The summed E-state index contributed by atoms with van der Waals surface area (Å²) in [7, 11) is 0. The molecule has 25 heavy (non-hydrogen) atoms. The molecular formula is C18H17BrN2O3S. The maximum Gasteiger partial charge on any atom is 0.338 e. The minimum Gasteiger partial charge on any atom is -0.458 e. The van der Waals surface area contributed by atoms with Gasteiger partial charge in [0.1, 0.15) is 6.61 Å². The Kier molecular flexibility index (Phi) is 5.15. The molecular weight excluding hydrogens is 404 g/mol. The molecule has 1 amide bonds. The van der Waals surface area contributed by atoms with Crippen LogP contribution in [0.2, 0.25) is 0 Å². The number of ether oxygens (including phenoxy) is 1. The number of carbonyl (C=O) groups excluding carboxylic acids is 2. The van der Waals surface area contributed by atoms with Gasteiger partial charge in [0.15, 0.2) is 5.17 Å². The fourth-order valence-electron chi connectivity index (χ4n) is 2.87. The molecule has 1 aromatic rings. The number of carbonyl (C=O) groups is 2. The number of thioether (sulfide) groups is 1. The summed E-state index contributed by atoms with van der Waals surface area (Å²) in [5, 5.41) is 0.394. The van der Waals surface area contributed by atoms with Gasteiger partial charge in [0.05, 0.1) is 22.6 Å². The van der Waals surface area contributed by atoms with Crippen LogP contribution < -0.4 is 0 Å². The van der Waals surface area contributed by atoms with Gasteiger partial charge >= 0.3 is 5.97 Å². The fourth-order valence-corrected chi connectivity index (χ4v) is 4.31. The van der Waals surface area contributed by atoms with Crippen LogP contribution in [0.5, 0.6) is 0 Å². The Hall–Kier alpha value is -1.86. The van der Waals surface area contributed by atoms with Gasteiger partial charge in [-0.25, -0.2) is 9.79 Å². The predicted octanol–water partition coefficient (Wildman–Crippen LogP) is 3.83. The molecule has 130 valence electrons. The van der Waals surface area contributed by atoms with Gasteiger partial charge < -0.3 is 4.74 Å². The third kappa shape index (κ3) is 3.30. The summed E-state index contributed by atoms with van der Waals surface area (Å²) in [6, 6.07) is 7.03. The van der Waals surface area contributed by atoms with E-state index in [1.165, 1.54) is 17.8 Å². The van der Waals surface area contributed by atoms with Gasteiger partial charge in [0.2, 0.25) is 5.91 Å². The van der Waals surface area contributed by atoms with E-state index in [1.54, 1.807) is 11.8 Å². The summed E-state index contributed by atoms with van der Waals surface area (Å²) >= 11 is 4.87. The highest BCUT2D eigenvalue weighted by Crippen LogP contribution is 2.43. The number of amidine groups is 1. The van der Waals surface area contributed by atoms with Gasteiger partial charge in [-0.3, -0.25) is 9.69 Å². The molecule has 0 saturated carbocycles. The van der Waals surface area contributed by atoms with Gasteiger partial charge in [0.25, 0.3) is 0 Å². The van der Waals surface area contributed by atoms with Crippen molar-refractivity contribution < 1.29 is 14.3 Å². The molecule has 1 fully saturated rings. The summed E-state index contributed by atoms with van der Waals surface area (Å²) in [6.07, 6.45) is 1.51. The van der Waals surface area contributed by atoms with E-state index in [0.29, 0.717) is 16.4 Å². The third-order valence-electron chi connectivity index (χ3n) is 3.97. The summed E-state index contributed by atoms with van der Waals surface area (Å²) in [5.74, 6) is -0.544. The summed E-state index contributed by atoms with van der Waals surface area (Å²) < 4.78 is 6.13. The Bertz CT molecular complexity index is 818. The maximum absolute atomic E-state index is 12.7. The van der Waals surface area contributed by atoms with Crippen molar-refractivity contribution in [2.75, 3.05) is 6.61 Å². The number of amides is 1. The number of hydrogen-bond acceptors (Lipinski definition) is 5. The summed E-state index contributed by atoms with van der Waals surface area (Å²) in [6.45, 7) is 7.29. The second-order valence-electron chi connectivity index (χ2n) is 5.71. The first-order valence-corrected chi connectivity index (χ1v) is 9.44. The van der Waals surface area contributed by atoms with Crippen molar-refractivity contribution in [1.29, 1.82) is 0 Å². The average Bonchev–Trinajstić information content (AvgIpc) is 2.85. The highest BCUT2D eigenvalue weighted by molar-refractivity contribution is 9.10. The molecule has 5 nitrogen and oxygen atoms in total. The average molecular weight is 421 g/mol. The predicted molar refractivity (Wildman–Crippen MR) is 102 cm³/mol. The van der Waals surface area contributed by atoms with Gasteiger partial charge in [-0.1, -0.05) is 52.5 Å². The number of nitrogens with zero attached hydrogens (tertiary/aromatic N) is 2. The molecule has 0 aromatic heterocycles. The number of aliphatic imine (C=N–C) groups is 1. The van der Waals surface area contributed by atoms with Crippen LogP contribution in [-0.4, -0.2) is 33.8 Å². The molecule has 7 heteroatoms. The van der Waals surface area contributed by atoms with Crippen molar-refractivity contribution >= 4 is 44.7 Å². The Morgan fingerprint density at radius 2 is 2.28 bits per heavy atom. The molecule has 0 radical (unpaired) electrons. The lowest BCUT2D eigenvalue weighted by Gasteiger charge is -2.33. The van der Waals surface area contributed by atoms with E-state index < -0.39 is 12.0 Å². The van der Waals surface area contributed by atoms with Crippen molar-refractivity contribution in [3.05, 3.63) is 58.2 Å².